The Morgan fingerprint density at radius 3 is 2.50 bits per heavy atom. The van der Waals surface area contributed by atoms with E-state index < -0.39 is 0 Å². The largest absolute Gasteiger partial charge is 0.298 e. The predicted molar refractivity (Wildman–Crippen MR) is 64.7 cm³/mol. The highest BCUT2D eigenvalue weighted by atomic mass is 79.9. The molecule has 0 aliphatic carbocycles. The predicted octanol–water partition coefficient (Wildman–Crippen LogP) is 4.18. The maximum Gasteiger partial charge on any atom is 0.151 e. The number of hydrogen-bond acceptors (Lipinski definition) is 1. The second kappa shape index (κ2) is 3.83. The van der Waals surface area contributed by atoms with Crippen molar-refractivity contribution >= 4 is 48.9 Å². The van der Waals surface area contributed by atoms with E-state index in [9.17, 15) is 4.79 Å². The van der Waals surface area contributed by atoms with Crippen LogP contribution in [0.15, 0.2) is 39.3 Å². The van der Waals surface area contributed by atoms with Crippen molar-refractivity contribution in [1.29, 1.82) is 0 Å². The standard InChI is InChI=1S/C11H6Br2O/c12-9-5-4-7-2-1-3-10(13)11(7)8(9)6-14/h1-6H. The topological polar surface area (TPSA) is 17.1 Å². The summed E-state index contributed by atoms with van der Waals surface area (Å²) >= 11 is 6.80. The van der Waals surface area contributed by atoms with Gasteiger partial charge in [-0.25, -0.2) is 0 Å². The highest BCUT2D eigenvalue weighted by molar-refractivity contribution is 9.11. The van der Waals surface area contributed by atoms with Gasteiger partial charge in [-0.1, -0.05) is 50.1 Å². The molecule has 0 fully saturated rings. The van der Waals surface area contributed by atoms with E-state index in [1.807, 2.05) is 30.3 Å². The Morgan fingerprint density at radius 2 is 1.79 bits per heavy atom. The maximum atomic E-state index is 10.9. The SMILES string of the molecule is O=Cc1c(Br)ccc2cccc(Br)c12. The molecule has 0 heterocycles. The zero-order valence-corrected chi connectivity index (χ0v) is 10.3. The number of rotatable bonds is 1. The van der Waals surface area contributed by atoms with Gasteiger partial charge < -0.3 is 0 Å². The molecule has 0 aromatic heterocycles. The van der Waals surface area contributed by atoms with E-state index in [0.29, 0.717) is 5.56 Å². The van der Waals surface area contributed by atoms with Crippen LogP contribution in [0.25, 0.3) is 10.8 Å². The molecule has 0 aliphatic heterocycles. The maximum absolute atomic E-state index is 10.9. The second-order valence-electron chi connectivity index (χ2n) is 2.92. The van der Waals surface area contributed by atoms with Gasteiger partial charge in [-0.05, 0) is 17.5 Å². The van der Waals surface area contributed by atoms with E-state index in [2.05, 4.69) is 31.9 Å². The van der Waals surface area contributed by atoms with Crippen LogP contribution in [0.3, 0.4) is 0 Å². The molecule has 0 spiro atoms. The lowest BCUT2D eigenvalue weighted by molar-refractivity contribution is 0.112. The number of benzene rings is 2. The number of fused-ring (bicyclic) bond motifs is 1. The van der Waals surface area contributed by atoms with Crippen LogP contribution < -0.4 is 0 Å². The van der Waals surface area contributed by atoms with Gasteiger partial charge in [0.2, 0.25) is 0 Å². The van der Waals surface area contributed by atoms with Crippen LogP contribution in [0.1, 0.15) is 10.4 Å². The van der Waals surface area contributed by atoms with Gasteiger partial charge in [0.05, 0.1) is 0 Å². The van der Waals surface area contributed by atoms with Crippen molar-refractivity contribution in [1.82, 2.24) is 0 Å². The third-order valence-corrected chi connectivity index (χ3v) is 3.45. The molecule has 0 saturated carbocycles. The Hall–Kier alpha value is -0.670. The lowest BCUT2D eigenvalue weighted by Gasteiger charge is -2.05. The van der Waals surface area contributed by atoms with Gasteiger partial charge in [0, 0.05) is 19.9 Å². The highest BCUT2D eigenvalue weighted by Gasteiger charge is 2.07. The third-order valence-electron chi connectivity index (χ3n) is 2.10. The van der Waals surface area contributed by atoms with Crippen LogP contribution >= 0.6 is 31.9 Å². The number of halogens is 2. The summed E-state index contributed by atoms with van der Waals surface area (Å²) in [7, 11) is 0. The van der Waals surface area contributed by atoms with E-state index >= 15 is 0 Å². The van der Waals surface area contributed by atoms with Crippen LogP contribution in [-0.4, -0.2) is 6.29 Å². The van der Waals surface area contributed by atoms with Crippen LogP contribution in [-0.2, 0) is 0 Å². The first kappa shape index (κ1) is 9.87. The summed E-state index contributed by atoms with van der Waals surface area (Å²) in [6.07, 6.45) is 0.872. The summed E-state index contributed by atoms with van der Waals surface area (Å²) in [5, 5.41) is 2.02. The fourth-order valence-electron chi connectivity index (χ4n) is 1.45. The molecule has 70 valence electrons. The lowest BCUT2D eigenvalue weighted by atomic mass is 10.1. The normalized spacial score (nSPS) is 10.4. The van der Waals surface area contributed by atoms with Crippen molar-refractivity contribution in [2.75, 3.05) is 0 Å². The minimum Gasteiger partial charge on any atom is -0.298 e. The molecular formula is C11H6Br2O. The van der Waals surface area contributed by atoms with Gasteiger partial charge in [-0.3, -0.25) is 4.79 Å². The molecular weight excluding hydrogens is 308 g/mol. The van der Waals surface area contributed by atoms with Crippen molar-refractivity contribution in [2.24, 2.45) is 0 Å². The van der Waals surface area contributed by atoms with Crippen molar-refractivity contribution in [3.8, 4) is 0 Å². The highest BCUT2D eigenvalue weighted by Crippen LogP contribution is 2.30. The summed E-state index contributed by atoms with van der Waals surface area (Å²) in [6.45, 7) is 0. The van der Waals surface area contributed by atoms with Crippen molar-refractivity contribution in [2.45, 2.75) is 0 Å². The van der Waals surface area contributed by atoms with Crippen molar-refractivity contribution in [3.05, 3.63) is 44.8 Å². The molecule has 3 heteroatoms. The average Bonchev–Trinajstić information content (AvgIpc) is 2.19. The van der Waals surface area contributed by atoms with Crippen molar-refractivity contribution < 1.29 is 4.79 Å². The van der Waals surface area contributed by atoms with Crippen LogP contribution in [0, 0.1) is 0 Å². The van der Waals surface area contributed by atoms with Gasteiger partial charge in [0.15, 0.2) is 6.29 Å². The molecule has 0 amide bonds. The molecule has 0 atom stereocenters. The number of carbonyl (C=O) groups excluding carboxylic acids is 1. The Morgan fingerprint density at radius 1 is 1.00 bits per heavy atom. The summed E-state index contributed by atoms with van der Waals surface area (Å²) in [4.78, 5) is 10.9. The monoisotopic (exact) mass is 312 g/mol. The minimum atomic E-state index is 0.690. The second-order valence-corrected chi connectivity index (χ2v) is 4.63. The smallest absolute Gasteiger partial charge is 0.151 e. The molecule has 0 radical (unpaired) electrons. The van der Waals surface area contributed by atoms with Gasteiger partial charge in [0.25, 0.3) is 0 Å². The minimum absolute atomic E-state index is 0.690. The first-order valence-corrected chi connectivity index (χ1v) is 5.64. The fraction of sp³-hybridized carbons (Fsp3) is 0. The number of aldehydes is 1. The molecule has 2 aromatic rings. The first-order chi connectivity index (χ1) is 6.74. The van der Waals surface area contributed by atoms with E-state index in [0.717, 1.165) is 26.0 Å². The molecule has 2 aromatic carbocycles. The Labute approximate surface area is 98.4 Å². The molecule has 0 saturated heterocycles. The molecule has 0 N–H and O–H groups in total. The van der Waals surface area contributed by atoms with Crippen LogP contribution in [0.5, 0.6) is 0 Å². The van der Waals surface area contributed by atoms with E-state index in [-0.39, 0.29) is 0 Å². The first-order valence-electron chi connectivity index (χ1n) is 4.06. The van der Waals surface area contributed by atoms with Crippen molar-refractivity contribution in [3.63, 3.8) is 0 Å². The zero-order chi connectivity index (χ0) is 10.1. The number of carbonyl (C=O) groups is 1. The summed E-state index contributed by atoms with van der Waals surface area (Å²) in [6, 6.07) is 9.74. The number of hydrogen-bond donors (Lipinski definition) is 0. The van der Waals surface area contributed by atoms with E-state index in [1.165, 1.54) is 0 Å². The van der Waals surface area contributed by atoms with Crippen LogP contribution in [0.2, 0.25) is 0 Å². The zero-order valence-electron chi connectivity index (χ0n) is 7.13. The van der Waals surface area contributed by atoms with Gasteiger partial charge >= 0.3 is 0 Å². The van der Waals surface area contributed by atoms with Gasteiger partial charge in [-0.15, -0.1) is 0 Å². The molecule has 0 unspecified atom stereocenters. The third kappa shape index (κ3) is 1.51. The average molecular weight is 314 g/mol. The van der Waals surface area contributed by atoms with E-state index in [4.69, 9.17) is 0 Å². The quantitative estimate of drug-likeness (QED) is 0.722. The molecule has 0 bridgehead atoms. The molecule has 1 nitrogen and oxygen atoms in total. The Kier molecular flexibility index (Phi) is 2.70. The fourth-order valence-corrected chi connectivity index (χ4v) is 2.47. The summed E-state index contributed by atoms with van der Waals surface area (Å²) in [5.41, 5.74) is 0.690. The van der Waals surface area contributed by atoms with E-state index in [1.54, 1.807) is 0 Å². The Balaban J connectivity index is 2.98. The van der Waals surface area contributed by atoms with Gasteiger partial charge in [-0.2, -0.15) is 0 Å². The summed E-state index contributed by atoms with van der Waals surface area (Å²) in [5.74, 6) is 0. The van der Waals surface area contributed by atoms with Crippen LogP contribution in [0.4, 0.5) is 0 Å². The Bertz CT molecular complexity index is 506. The van der Waals surface area contributed by atoms with Gasteiger partial charge in [0.1, 0.15) is 0 Å². The lowest BCUT2D eigenvalue weighted by Crippen LogP contribution is -1.86. The molecule has 2 rings (SSSR count). The molecule has 0 aliphatic rings. The summed E-state index contributed by atoms with van der Waals surface area (Å²) < 4.78 is 1.77. The molecule has 14 heavy (non-hydrogen) atoms.